The fourth-order valence-electron chi connectivity index (χ4n) is 1.17. The molecule has 2 N–H and O–H groups in total. The molecular formula is C10H14Cl2N4O2. The molecule has 18 heavy (non-hydrogen) atoms. The van der Waals surface area contributed by atoms with E-state index in [1.807, 2.05) is 0 Å². The van der Waals surface area contributed by atoms with Crippen molar-refractivity contribution in [1.29, 1.82) is 0 Å². The topological polar surface area (TPSA) is 76.1 Å². The molecule has 1 aromatic heterocycles. The van der Waals surface area contributed by atoms with Gasteiger partial charge in [0.1, 0.15) is 0 Å². The molecule has 0 unspecified atom stereocenters. The second-order valence-corrected chi connectivity index (χ2v) is 4.14. The lowest BCUT2D eigenvalue weighted by atomic mass is 10.3. The number of rotatable bonds is 7. The first-order valence-corrected chi connectivity index (χ1v) is 6.07. The van der Waals surface area contributed by atoms with Crippen LogP contribution in [-0.4, -0.2) is 42.9 Å². The van der Waals surface area contributed by atoms with Crippen LogP contribution in [-0.2, 0) is 9.53 Å². The fraction of sp³-hybridized carbons (Fsp3) is 0.500. The maximum absolute atomic E-state index is 11.4. The Labute approximate surface area is 115 Å². The maximum atomic E-state index is 11.4. The third-order valence-electron chi connectivity index (χ3n) is 2.01. The van der Waals surface area contributed by atoms with Crippen LogP contribution in [0.25, 0.3) is 0 Å². The average molecular weight is 293 g/mol. The van der Waals surface area contributed by atoms with Gasteiger partial charge in [-0.05, 0) is 0 Å². The number of nitrogens with zero attached hydrogens (tertiary/aromatic N) is 2. The quantitative estimate of drug-likeness (QED) is 0.742. The van der Waals surface area contributed by atoms with Crippen molar-refractivity contribution in [2.75, 3.05) is 32.1 Å². The molecule has 1 rings (SSSR count). The van der Waals surface area contributed by atoms with E-state index in [2.05, 4.69) is 20.8 Å². The molecule has 0 saturated heterocycles. The molecule has 0 aliphatic rings. The van der Waals surface area contributed by atoms with Gasteiger partial charge in [-0.3, -0.25) is 4.79 Å². The molecule has 0 aliphatic heterocycles. The first kappa shape index (κ1) is 14.9. The number of nitrogens with one attached hydrogen (secondary N) is 2. The largest absolute Gasteiger partial charge is 0.383 e. The molecule has 1 amide bonds. The van der Waals surface area contributed by atoms with Gasteiger partial charge in [0.15, 0.2) is 10.3 Å². The fourth-order valence-corrected chi connectivity index (χ4v) is 1.47. The van der Waals surface area contributed by atoms with Crippen LogP contribution in [0.2, 0.25) is 10.3 Å². The smallest absolute Gasteiger partial charge is 0.221 e. The van der Waals surface area contributed by atoms with E-state index in [1.165, 1.54) is 0 Å². The van der Waals surface area contributed by atoms with E-state index in [0.29, 0.717) is 31.8 Å². The van der Waals surface area contributed by atoms with E-state index in [9.17, 15) is 4.79 Å². The summed E-state index contributed by atoms with van der Waals surface area (Å²) in [6.45, 7) is 1.42. The number of anilines is 1. The number of amides is 1. The van der Waals surface area contributed by atoms with Gasteiger partial charge in [-0.15, -0.1) is 10.2 Å². The number of halogens is 2. The zero-order valence-corrected chi connectivity index (χ0v) is 11.4. The molecule has 0 aromatic carbocycles. The lowest BCUT2D eigenvalue weighted by Gasteiger charge is -2.08. The summed E-state index contributed by atoms with van der Waals surface area (Å²) in [5.41, 5.74) is 0.557. The van der Waals surface area contributed by atoms with E-state index in [0.717, 1.165) is 0 Å². The van der Waals surface area contributed by atoms with Crippen molar-refractivity contribution in [1.82, 2.24) is 15.5 Å². The van der Waals surface area contributed by atoms with Crippen LogP contribution in [0.1, 0.15) is 6.42 Å². The minimum Gasteiger partial charge on any atom is -0.383 e. The average Bonchev–Trinajstić information content (AvgIpc) is 2.34. The standard InChI is InChI=1S/C10H14Cl2N4O2/c1-18-5-4-14-9(17)2-3-13-7-6-8(11)15-16-10(7)12/h6H,2-5H2,1H3,(H,13,15)(H,14,17). The maximum Gasteiger partial charge on any atom is 0.221 e. The molecule has 100 valence electrons. The minimum atomic E-state index is -0.0659. The number of ether oxygens (including phenoxy) is 1. The lowest BCUT2D eigenvalue weighted by Crippen LogP contribution is -2.28. The van der Waals surface area contributed by atoms with Crippen LogP contribution in [0.3, 0.4) is 0 Å². The third-order valence-corrected chi connectivity index (χ3v) is 2.48. The van der Waals surface area contributed by atoms with E-state index >= 15 is 0 Å². The van der Waals surface area contributed by atoms with Gasteiger partial charge in [0.2, 0.25) is 5.91 Å². The summed E-state index contributed by atoms with van der Waals surface area (Å²) in [6, 6.07) is 1.56. The Kier molecular flexibility index (Phi) is 6.70. The van der Waals surface area contributed by atoms with Crippen LogP contribution in [0.4, 0.5) is 5.69 Å². The predicted molar refractivity (Wildman–Crippen MR) is 70.0 cm³/mol. The summed E-state index contributed by atoms with van der Waals surface area (Å²) in [5, 5.41) is 13.4. The Morgan fingerprint density at radius 2 is 2.17 bits per heavy atom. The second kappa shape index (κ2) is 8.07. The van der Waals surface area contributed by atoms with Gasteiger partial charge in [0, 0.05) is 32.7 Å². The molecule has 0 atom stereocenters. The SMILES string of the molecule is COCCNC(=O)CCNc1cc(Cl)nnc1Cl. The Morgan fingerprint density at radius 3 is 2.89 bits per heavy atom. The van der Waals surface area contributed by atoms with Gasteiger partial charge in [-0.2, -0.15) is 0 Å². The number of carbonyl (C=O) groups is 1. The predicted octanol–water partition coefficient (Wildman–Crippen LogP) is 1.35. The van der Waals surface area contributed by atoms with E-state index in [4.69, 9.17) is 27.9 Å². The second-order valence-electron chi connectivity index (χ2n) is 3.39. The summed E-state index contributed by atoms with van der Waals surface area (Å²) in [5.74, 6) is -0.0659. The Morgan fingerprint density at radius 1 is 1.39 bits per heavy atom. The number of methoxy groups -OCH3 is 1. The molecule has 0 aliphatic carbocycles. The molecule has 0 fully saturated rings. The third kappa shape index (κ3) is 5.48. The van der Waals surface area contributed by atoms with Crippen LogP contribution in [0.15, 0.2) is 6.07 Å². The molecule has 0 radical (unpaired) electrons. The van der Waals surface area contributed by atoms with Crippen molar-refractivity contribution < 1.29 is 9.53 Å². The van der Waals surface area contributed by atoms with Crippen molar-refractivity contribution in [2.24, 2.45) is 0 Å². The molecule has 0 bridgehead atoms. The van der Waals surface area contributed by atoms with Crippen LogP contribution >= 0.6 is 23.2 Å². The summed E-state index contributed by atoms with van der Waals surface area (Å²) in [6.07, 6.45) is 0.319. The molecule has 8 heteroatoms. The van der Waals surface area contributed by atoms with Gasteiger partial charge in [-0.25, -0.2) is 0 Å². The summed E-state index contributed by atoms with van der Waals surface area (Å²) in [7, 11) is 1.58. The first-order valence-electron chi connectivity index (χ1n) is 5.31. The van der Waals surface area contributed by atoms with Crippen molar-refractivity contribution in [3.05, 3.63) is 16.4 Å². The van der Waals surface area contributed by atoms with Crippen molar-refractivity contribution in [3.8, 4) is 0 Å². The molecule has 1 aromatic rings. The lowest BCUT2D eigenvalue weighted by molar-refractivity contribution is -0.121. The molecule has 0 spiro atoms. The van der Waals surface area contributed by atoms with Gasteiger partial charge >= 0.3 is 0 Å². The minimum absolute atomic E-state index is 0.0659. The van der Waals surface area contributed by atoms with Gasteiger partial charge < -0.3 is 15.4 Å². The molecule has 6 nitrogen and oxygen atoms in total. The number of aromatic nitrogens is 2. The highest BCUT2D eigenvalue weighted by molar-refractivity contribution is 6.33. The highest BCUT2D eigenvalue weighted by atomic mass is 35.5. The highest BCUT2D eigenvalue weighted by Gasteiger charge is 2.05. The zero-order valence-electron chi connectivity index (χ0n) is 9.87. The summed E-state index contributed by atoms with van der Waals surface area (Å²) >= 11 is 11.5. The van der Waals surface area contributed by atoms with E-state index in [1.54, 1.807) is 13.2 Å². The van der Waals surface area contributed by atoms with Gasteiger partial charge in [-0.1, -0.05) is 23.2 Å². The molecule has 1 heterocycles. The van der Waals surface area contributed by atoms with E-state index < -0.39 is 0 Å². The van der Waals surface area contributed by atoms with Crippen LogP contribution < -0.4 is 10.6 Å². The van der Waals surface area contributed by atoms with Gasteiger partial charge in [0.05, 0.1) is 12.3 Å². The summed E-state index contributed by atoms with van der Waals surface area (Å²) < 4.78 is 4.82. The van der Waals surface area contributed by atoms with Crippen molar-refractivity contribution in [3.63, 3.8) is 0 Å². The summed E-state index contributed by atoms with van der Waals surface area (Å²) in [4.78, 5) is 11.4. The number of carbonyl (C=O) groups excluding carboxylic acids is 1. The van der Waals surface area contributed by atoms with Crippen LogP contribution in [0, 0.1) is 0 Å². The highest BCUT2D eigenvalue weighted by Crippen LogP contribution is 2.20. The monoisotopic (exact) mass is 292 g/mol. The van der Waals surface area contributed by atoms with Crippen LogP contribution in [0.5, 0.6) is 0 Å². The van der Waals surface area contributed by atoms with Gasteiger partial charge in [0.25, 0.3) is 0 Å². The Balaban J connectivity index is 2.28. The van der Waals surface area contributed by atoms with Crippen molar-refractivity contribution >= 4 is 34.8 Å². The Bertz CT molecular complexity index is 403. The number of hydrogen-bond acceptors (Lipinski definition) is 5. The Hall–Kier alpha value is -1.11. The first-order chi connectivity index (χ1) is 8.63. The number of hydrogen-bond donors (Lipinski definition) is 2. The van der Waals surface area contributed by atoms with Crippen molar-refractivity contribution in [2.45, 2.75) is 6.42 Å². The normalized spacial score (nSPS) is 10.2. The zero-order chi connectivity index (χ0) is 13.4. The molecular weight excluding hydrogens is 279 g/mol. The molecule has 0 saturated carbocycles. The van der Waals surface area contributed by atoms with E-state index in [-0.39, 0.29) is 16.2 Å².